The second-order valence-corrected chi connectivity index (χ2v) is 10.3. The number of rotatable bonds is 5. The predicted octanol–water partition coefficient (Wildman–Crippen LogP) is 3.66. The van der Waals surface area contributed by atoms with E-state index in [0.29, 0.717) is 35.9 Å². The number of anilines is 3. The van der Waals surface area contributed by atoms with Crippen LogP contribution in [0.5, 0.6) is 0 Å². The molecule has 1 saturated heterocycles. The summed E-state index contributed by atoms with van der Waals surface area (Å²) < 4.78 is 29.1. The van der Waals surface area contributed by atoms with Gasteiger partial charge in [-0.3, -0.25) is 4.79 Å². The minimum absolute atomic E-state index is 0.372. The molecule has 14 heteroatoms. The van der Waals surface area contributed by atoms with Gasteiger partial charge in [-0.05, 0) is 35.7 Å². The van der Waals surface area contributed by atoms with E-state index in [9.17, 15) is 18.4 Å². The zero-order valence-electron chi connectivity index (χ0n) is 20.1. The zero-order chi connectivity index (χ0) is 26.6. The number of fused-ring (bicyclic) bond motifs is 1. The van der Waals surface area contributed by atoms with Crippen molar-refractivity contribution in [3.63, 3.8) is 0 Å². The number of carbonyl (C=O) groups is 2. The lowest BCUT2D eigenvalue weighted by Crippen LogP contribution is -2.58. The molecule has 196 valence electrons. The van der Waals surface area contributed by atoms with Gasteiger partial charge in [0.1, 0.15) is 5.69 Å². The number of amides is 1. The minimum atomic E-state index is -2.80. The summed E-state index contributed by atoms with van der Waals surface area (Å²) in [4.78, 5) is 27.0. The Labute approximate surface area is 218 Å². The summed E-state index contributed by atoms with van der Waals surface area (Å²) in [5.74, 6) is -3.17. The lowest BCUT2D eigenvalue weighted by atomic mass is 10.1. The summed E-state index contributed by atoms with van der Waals surface area (Å²) in [6, 6.07) is 9.25. The molecule has 1 aromatic carbocycles. The van der Waals surface area contributed by atoms with Crippen molar-refractivity contribution < 1.29 is 23.5 Å². The fourth-order valence-corrected chi connectivity index (χ4v) is 5.46. The van der Waals surface area contributed by atoms with E-state index in [2.05, 4.69) is 25.5 Å². The number of hydrogen-bond acceptors (Lipinski definition) is 8. The summed E-state index contributed by atoms with van der Waals surface area (Å²) in [6.07, 6.45) is 2.49. The van der Waals surface area contributed by atoms with Gasteiger partial charge in [-0.25, -0.2) is 13.6 Å². The SMILES string of the molecule is Cn1c(C(=O)N2CC(F)(F)C2)cc2c1CN(c1nnc(Nc3ccc(-c4cnn(C(=O)O)c4)cc3)s1)CC2. The van der Waals surface area contributed by atoms with Gasteiger partial charge in [-0.15, -0.1) is 10.2 Å². The molecule has 2 aliphatic rings. The molecule has 0 radical (unpaired) electrons. The molecular formula is C24H22F2N8O3S. The Morgan fingerprint density at radius 1 is 1.13 bits per heavy atom. The molecular weight excluding hydrogens is 518 g/mol. The molecule has 1 amide bonds. The molecule has 11 nitrogen and oxygen atoms in total. The van der Waals surface area contributed by atoms with Crippen molar-refractivity contribution in [2.45, 2.75) is 18.9 Å². The first-order valence-corrected chi connectivity index (χ1v) is 12.6. The molecule has 38 heavy (non-hydrogen) atoms. The van der Waals surface area contributed by atoms with Crippen molar-refractivity contribution in [3.05, 3.63) is 59.7 Å². The fourth-order valence-electron chi connectivity index (χ4n) is 4.67. The molecule has 6 rings (SSSR count). The van der Waals surface area contributed by atoms with E-state index in [-0.39, 0.29) is 5.91 Å². The summed E-state index contributed by atoms with van der Waals surface area (Å²) >= 11 is 1.40. The average Bonchev–Trinajstić information content (AvgIpc) is 3.62. The maximum absolute atomic E-state index is 13.2. The van der Waals surface area contributed by atoms with Crippen LogP contribution in [0.1, 0.15) is 21.7 Å². The fraction of sp³-hybridized carbons (Fsp3) is 0.292. The van der Waals surface area contributed by atoms with Gasteiger partial charge in [0.05, 0.1) is 25.8 Å². The van der Waals surface area contributed by atoms with Crippen LogP contribution in [0.4, 0.5) is 29.5 Å². The molecule has 4 aromatic rings. The van der Waals surface area contributed by atoms with Crippen LogP contribution >= 0.6 is 11.3 Å². The average molecular weight is 541 g/mol. The van der Waals surface area contributed by atoms with Gasteiger partial charge < -0.3 is 24.8 Å². The lowest BCUT2D eigenvalue weighted by Gasteiger charge is -2.38. The van der Waals surface area contributed by atoms with Gasteiger partial charge >= 0.3 is 6.09 Å². The summed E-state index contributed by atoms with van der Waals surface area (Å²) in [5, 5.41) is 26.0. The van der Waals surface area contributed by atoms with E-state index in [1.807, 2.05) is 30.3 Å². The molecule has 0 bridgehead atoms. The van der Waals surface area contributed by atoms with Crippen molar-refractivity contribution in [1.82, 2.24) is 29.4 Å². The number of likely N-dealkylation sites (tertiary alicyclic amines) is 1. The topological polar surface area (TPSA) is 121 Å². The molecule has 5 heterocycles. The molecule has 2 aliphatic heterocycles. The zero-order valence-corrected chi connectivity index (χ0v) is 21.0. The van der Waals surface area contributed by atoms with Crippen LogP contribution in [-0.2, 0) is 20.0 Å². The van der Waals surface area contributed by atoms with Gasteiger partial charge in [0.25, 0.3) is 11.8 Å². The molecule has 3 aromatic heterocycles. The molecule has 0 unspecified atom stereocenters. The van der Waals surface area contributed by atoms with Gasteiger partial charge in [0.2, 0.25) is 10.3 Å². The molecule has 2 N–H and O–H groups in total. The highest BCUT2D eigenvalue weighted by molar-refractivity contribution is 7.19. The molecule has 0 spiro atoms. The maximum atomic E-state index is 13.2. The standard InChI is InChI=1S/C24H22F2N8O3S/c1-31-18(20(35)33-12-24(25,26)13-33)8-15-6-7-32(11-19(15)31)22-30-29-21(38-22)28-17-4-2-14(3-5-17)16-9-27-34(10-16)23(36)37/h2-5,8-10H,6-7,11-13H2,1H3,(H,28,29)(H,36,37). The third-order valence-corrected chi connectivity index (χ3v) is 7.62. The summed E-state index contributed by atoms with van der Waals surface area (Å²) in [6.45, 7) is 0.154. The maximum Gasteiger partial charge on any atom is 0.432 e. The van der Waals surface area contributed by atoms with E-state index in [1.54, 1.807) is 11.6 Å². The van der Waals surface area contributed by atoms with Crippen LogP contribution in [0.15, 0.2) is 42.7 Å². The third kappa shape index (κ3) is 4.36. The van der Waals surface area contributed by atoms with Crippen LogP contribution < -0.4 is 10.2 Å². The smallest absolute Gasteiger partial charge is 0.432 e. The van der Waals surface area contributed by atoms with Crippen LogP contribution in [0.2, 0.25) is 0 Å². The largest absolute Gasteiger partial charge is 0.463 e. The first-order chi connectivity index (χ1) is 18.2. The van der Waals surface area contributed by atoms with E-state index in [4.69, 9.17) is 5.11 Å². The first kappa shape index (κ1) is 24.0. The number of nitrogens with zero attached hydrogens (tertiary/aromatic N) is 7. The summed E-state index contributed by atoms with van der Waals surface area (Å²) in [7, 11) is 1.79. The number of nitrogens with one attached hydrogen (secondary N) is 1. The van der Waals surface area contributed by atoms with Gasteiger partial charge in [0.15, 0.2) is 0 Å². The Morgan fingerprint density at radius 3 is 2.58 bits per heavy atom. The highest BCUT2D eigenvalue weighted by Gasteiger charge is 2.47. The lowest BCUT2D eigenvalue weighted by molar-refractivity contribution is -0.113. The first-order valence-electron chi connectivity index (χ1n) is 11.8. The third-order valence-electron chi connectivity index (χ3n) is 6.72. The second-order valence-electron chi connectivity index (χ2n) is 9.30. The number of hydrogen-bond donors (Lipinski definition) is 2. The van der Waals surface area contributed by atoms with Crippen molar-refractivity contribution in [2.24, 2.45) is 7.05 Å². The highest BCUT2D eigenvalue weighted by Crippen LogP contribution is 2.33. The Morgan fingerprint density at radius 2 is 1.89 bits per heavy atom. The quantitative estimate of drug-likeness (QED) is 0.394. The number of benzene rings is 1. The highest BCUT2D eigenvalue weighted by atomic mass is 32.1. The van der Waals surface area contributed by atoms with E-state index in [0.717, 1.165) is 32.3 Å². The second kappa shape index (κ2) is 8.90. The van der Waals surface area contributed by atoms with Crippen LogP contribution in [0.25, 0.3) is 11.1 Å². The monoisotopic (exact) mass is 540 g/mol. The van der Waals surface area contributed by atoms with Crippen molar-refractivity contribution in [2.75, 3.05) is 29.9 Å². The van der Waals surface area contributed by atoms with Crippen LogP contribution in [-0.4, -0.2) is 72.1 Å². The number of alkyl halides is 2. The molecule has 0 atom stereocenters. The minimum Gasteiger partial charge on any atom is -0.463 e. The number of aromatic nitrogens is 5. The number of halogens is 2. The van der Waals surface area contributed by atoms with Crippen molar-refractivity contribution in [3.8, 4) is 11.1 Å². The van der Waals surface area contributed by atoms with E-state index < -0.39 is 25.1 Å². The molecule has 0 aliphatic carbocycles. The summed E-state index contributed by atoms with van der Waals surface area (Å²) in [5.41, 5.74) is 4.73. The Bertz CT molecular complexity index is 1540. The van der Waals surface area contributed by atoms with Gasteiger partial charge in [-0.1, -0.05) is 23.5 Å². The van der Waals surface area contributed by atoms with E-state index >= 15 is 0 Å². The van der Waals surface area contributed by atoms with Crippen LogP contribution in [0.3, 0.4) is 0 Å². The van der Waals surface area contributed by atoms with Gasteiger partial charge in [-0.2, -0.15) is 9.78 Å². The van der Waals surface area contributed by atoms with Crippen molar-refractivity contribution in [1.29, 1.82) is 0 Å². The Kier molecular flexibility index (Phi) is 5.63. The molecule has 1 fully saturated rings. The predicted molar refractivity (Wildman–Crippen MR) is 135 cm³/mol. The normalized spacial score (nSPS) is 16.2. The van der Waals surface area contributed by atoms with Gasteiger partial charge in [0, 0.05) is 36.7 Å². The van der Waals surface area contributed by atoms with E-state index in [1.165, 1.54) is 28.6 Å². The number of carboxylic acid groups (broad SMARTS) is 1. The number of carbonyl (C=O) groups excluding carboxylic acids is 1. The molecule has 0 saturated carbocycles. The Balaban J connectivity index is 1.12. The van der Waals surface area contributed by atoms with Crippen LogP contribution in [0, 0.1) is 0 Å². The Hall–Kier alpha value is -4.33. The van der Waals surface area contributed by atoms with Crippen molar-refractivity contribution >= 4 is 39.3 Å².